The van der Waals surface area contributed by atoms with Crippen LogP contribution in [0.5, 0.6) is 5.75 Å². The van der Waals surface area contributed by atoms with Gasteiger partial charge in [-0.3, -0.25) is 0 Å². The van der Waals surface area contributed by atoms with E-state index in [-0.39, 0.29) is 22.1 Å². The molecule has 7 nitrogen and oxygen atoms in total. The fourth-order valence-electron chi connectivity index (χ4n) is 4.02. The summed E-state index contributed by atoms with van der Waals surface area (Å²) in [6.45, 7) is 3.76. The summed E-state index contributed by atoms with van der Waals surface area (Å²) in [6, 6.07) is 26.0. The van der Waals surface area contributed by atoms with E-state index in [1.54, 1.807) is 30.3 Å². The zero-order valence-electron chi connectivity index (χ0n) is 20.2. The van der Waals surface area contributed by atoms with Gasteiger partial charge < -0.3 is 9.47 Å². The van der Waals surface area contributed by atoms with Crippen LogP contribution in [0.1, 0.15) is 28.5 Å². The molecule has 9 heteroatoms. The number of hydrogen-bond acceptors (Lipinski definition) is 6. The van der Waals surface area contributed by atoms with Gasteiger partial charge in [0, 0.05) is 11.1 Å². The first-order chi connectivity index (χ1) is 17.7. The first kappa shape index (κ1) is 25.0. The van der Waals surface area contributed by atoms with E-state index in [0.29, 0.717) is 15.0 Å². The molecular formula is C28H25NO6S2. The molecule has 0 aliphatic carbocycles. The third-order valence-corrected chi connectivity index (χ3v) is 10.2. The first-order valence-electron chi connectivity index (χ1n) is 11.6. The lowest BCUT2D eigenvalue weighted by atomic mass is 10.1. The van der Waals surface area contributed by atoms with Crippen molar-refractivity contribution in [2.45, 2.75) is 36.5 Å². The van der Waals surface area contributed by atoms with E-state index < -0.39 is 26.3 Å². The maximum Gasteiger partial charge on any atom is 0.277 e. The van der Waals surface area contributed by atoms with Gasteiger partial charge in [0.25, 0.3) is 20.0 Å². The molecule has 0 fully saturated rings. The lowest BCUT2D eigenvalue weighted by Crippen LogP contribution is -2.37. The average molecular weight is 536 g/mol. The second kappa shape index (κ2) is 9.66. The highest BCUT2D eigenvalue weighted by molar-refractivity contribution is 8.10. The Bertz CT molecular complexity index is 1560. The van der Waals surface area contributed by atoms with E-state index in [9.17, 15) is 16.8 Å². The minimum absolute atomic E-state index is 0.0368. The van der Waals surface area contributed by atoms with Crippen molar-refractivity contribution in [1.29, 1.82) is 0 Å². The molecule has 190 valence electrons. The quantitative estimate of drug-likeness (QED) is 0.324. The molecule has 1 aliphatic heterocycles. The van der Waals surface area contributed by atoms with Crippen molar-refractivity contribution in [2.24, 2.45) is 0 Å². The zero-order valence-corrected chi connectivity index (χ0v) is 21.9. The molecule has 1 heterocycles. The molecule has 4 aromatic carbocycles. The Morgan fingerprint density at radius 1 is 0.703 bits per heavy atom. The summed E-state index contributed by atoms with van der Waals surface area (Å²) in [7, 11) is -9.01. The highest BCUT2D eigenvalue weighted by Gasteiger charge is 2.37. The van der Waals surface area contributed by atoms with Gasteiger partial charge in [0.15, 0.2) is 0 Å². The largest absolute Gasteiger partial charge is 0.460 e. The molecule has 1 atom stereocenters. The average Bonchev–Trinajstić information content (AvgIpc) is 2.89. The first-order valence-corrected chi connectivity index (χ1v) is 14.4. The fourth-order valence-corrected chi connectivity index (χ4v) is 7.69. The van der Waals surface area contributed by atoms with Gasteiger partial charge in [-0.15, -0.1) is 0 Å². The number of hydrogen-bond donors (Lipinski definition) is 0. The summed E-state index contributed by atoms with van der Waals surface area (Å²) in [5.41, 5.74) is 3.03. The summed E-state index contributed by atoms with van der Waals surface area (Å²) < 4.78 is 67.6. The smallest absolute Gasteiger partial charge is 0.277 e. The van der Waals surface area contributed by atoms with Gasteiger partial charge in [0.1, 0.15) is 5.75 Å². The number of benzene rings is 4. The third-order valence-electron chi connectivity index (χ3n) is 6.03. The summed E-state index contributed by atoms with van der Waals surface area (Å²) in [5, 5.41) is 0. The number of anilines is 1. The Labute approximate surface area is 217 Å². The summed E-state index contributed by atoms with van der Waals surface area (Å²) >= 11 is 0. The minimum atomic E-state index is -4.50. The predicted octanol–water partition coefficient (Wildman–Crippen LogP) is 5.50. The van der Waals surface area contributed by atoms with Crippen LogP contribution in [0.3, 0.4) is 0 Å². The summed E-state index contributed by atoms with van der Waals surface area (Å²) in [4.78, 5) is -0.272. The molecule has 37 heavy (non-hydrogen) atoms. The summed E-state index contributed by atoms with van der Waals surface area (Å²) in [6.07, 6.45) is -0.622. The lowest BCUT2D eigenvalue weighted by Gasteiger charge is -2.29. The maximum absolute atomic E-state index is 13.8. The van der Waals surface area contributed by atoms with Crippen LogP contribution >= 0.6 is 0 Å². The molecule has 0 amide bonds. The van der Waals surface area contributed by atoms with Gasteiger partial charge in [0.05, 0.1) is 22.1 Å². The Morgan fingerprint density at radius 2 is 1.24 bits per heavy atom. The van der Waals surface area contributed by atoms with E-state index in [0.717, 1.165) is 16.7 Å². The van der Waals surface area contributed by atoms with Crippen LogP contribution in [0.25, 0.3) is 0 Å². The maximum atomic E-state index is 13.8. The van der Waals surface area contributed by atoms with E-state index in [1.807, 2.05) is 44.2 Å². The van der Waals surface area contributed by atoms with Crippen molar-refractivity contribution in [1.82, 2.24) is 0 Å². The van der Waals surface area contributed by atoms with E-state index >= 15 is 0 Å². The van der Waals surface area contributed by atoms with Gasteiger partial charge in [-0.05, 0) is 56.3 Å². The SMILES string of the molecule is Cc1ccc(S(=O)(=O)N(c2ccc3c(c2)COC(c2ccccc2)O3)S(=O)(=O)c2ccc(C)cc2)cc1. The number of ether oxygens (including phenoxy) is 2. The molecule has 5 rings (SSSR count). The lowest BCUT2D eigenvalue weighted by molar-refractivity contribution is -0.111. The molecule has 0 aromatic heterocycles. The Balaban J connectivity index is 1.60. The third kappa shape index (κ3) is 4.85. The molecule has 0 radical (unpaired) electrons. The fraction of sp³-hybridized carbons (Fsp3) is 0.143. The number of rotatable bonds is 6. The van der Waals surface area contributed by atoms with E-state index in [1.165, 1.54) is 36.4 Å². The molecule has 1 unspecified atom stereocenters. The van der Waals surface area contributed by atoms with Crippen LogP contribution in [-0.2, 0) is 31.4 Å². The highest BCUT2D eigenvalue weighted by Crippen LogP contribution is 2.38. The number of fused-ring (bicyclic) bond motifs is 1. The molecule has 0 saturated heterocycles. The van der Waals surface area contributed by atoms with Gasteiger partial charge in [-0.1, -0.05) is 65.7 Å². The number of nitrogens with zero attached hydrogens (tertiary/aromatic N) is 1. The van der Waals surface area contributed by atoms with Gasteiger partial charge >= 0.3 is 0 Å². The van der Waals surface area contributed by atoms with Crippen LogP contribution in [0.4, 0.5) is 5.69 Å². The van der Waals surface area contributed by atoms with Crippen LogP contribution < -0.4 is 8.45 Å². The Kier molecular flexibility index (Phi) is 6.53. The topological polar surface area (TPSA) is 90.0 Å². The van der Waals surface area contributed by atoms with Gasteiger partial charge in [-0.2, -0.15) is 3.71 Å². The molecular weight excluding hydrogens is 510 g/mol. The molecule has 0 N–H and O–H groups in total. The van der Waals surface area contributed by atoms with Crippen molar-refractivity contribution < 1.29 is 26.3 Å². The van der Waals surface area contributed by atoms with Crippen LogP contribution in [0.15, 0.2) is 107 Å². The standard InChI is InChI=1S/C28H25NO6S2/c1-20-8-13-25(14-9-20)36(30,31)29(37(32,33)26-15-10-21(2)11-16-26)24-12-17-27-23(18-24)19-34-28(35-27)22-6-4-3-5-7-22/h3-18,28H,19H2,1-2H3. The van der Waals surface area contributed by atoms with Gasteiger partial charge in [0.2, 0.25) is 6.29 Å². The van der Waals surface area contributed by atoms with Crippen LogP contribution in [-0.4, -0.2) is 16.8 Å². The zero-order chi connectivity index (χ0) is 26.2. The van der Waals surface area contributed by atoms with Crippen molar-refractivity contribution in [2.75, 3.05) is 3.71 Å². The normalized spacial score (nSPS) is 15.5. The molecule has 0 bridgehead atoms. The number of sulfonamides is 2. The summed E-state index contributed by atoms with van der Waals surface area (Å²) in [5.74, 6) is 0.490. The predicted molar refractivity (Wildman–Crippen MR) is 140 cm³/mol. The monoisotopic (exact) mass is 535 g/mol. The van der Waals surface area contributed by atoms with Crippen LogP contribution in [0.2, 0.25) is 0 Å². The molecule has 0 spiro atoms. The van der Waals surface area contributed by atoms with Crippen molar-refractivity contribution in [3.8, 4) is 5.75 Å². The second-order valence-corrected chi connectivity index (χ2v) is 12.6. The molecule has 0 saturated carbocycles. The second-order valence-electron chi connectivity index (χ2n) is 8.80. The van der Waals surface area contributed by atoms with Gasteiger partial charge in [-0.25, -0.2) is 16.8 Å². The molecule has 1 aliphatic rings. The Hall–Kier alpha value is -3.66. The van der Waals surface area contributed by atoms with Crippen LogP contribution in [0, 0.1) is 13.8 Å². The van der Waals surface area contributed by atoms with E-state index in [4.69, 9.17) is 9.47 Å². The minimum Gasteiger partial charge on any atom is -0.460 e. The van der Waals surface area contributed by atoms with Crippen molar-refractivity contribution in [3.05, 3.63) is 119 Å². The number of aryl methyl sites for hydroxylation is 2. The van der Waals surface area contributed by atoms with E-state index in [2.05, 4.69) is 0 Å². The van der Waals surface area contributed by atoms with Crippen molar-refractivity contribution in [3.63, 3.8) is 0 Å². The van der Waals surface area contributed by atoms with Crippen molar-refractivity contribution >= 4 is 25.7 Å². The molecule has 4 aromatic rings. The Morgan fingerprint density at radius 3 is 1.78 bits per heavy atom. The highest BCUT2D eigenvalue weighted by atomic mass is 32.3.